The van der Waals surface area contributed by atoms with E-state index in [1.165, 1.54) is 4.90 Å². The monoisotopic (exact) mass is 419 g/mol. The van der Waals surface area contributed by atoms with Gasteiger partial charge < -0.3 is 15.4 Å². The van der Waals surface area contributed by atoms with Crippen molar-refractivity contribution in [2.75, 3.05) is 26.0 Å². The highest BCUT2D eigenvalue weighted by Crippen LogP contribution is 2.54. The van der Waals surface area contributed by atoms with E-state index in [9.17, 15) is 20.6 Å². The summed E-state index contributed by atoms with van der Waals surface area (Å²) in [4.78, 5) is 14.9. The predicted molar refractivity (Wildman–Crippen MR) is 112 cm³/mol. The number of hydrogen-bond donors (Lipinski definition) is 1. The molecular formula is C22H21N5O2S. The summed E-state index contributed by atoms with van der Waals surface area (Å²) in [5, 5.41) is 29.9. The first kappa shape index (κ1) is 21.3. The Morgan fingerprint density at radius 2 is 1.97 bits per heavy atom. The molecule has 0 unspecified atom stereocenters. The fraction of sp³-hybridized carbons (Fsp3) is 0.364. The van der Waals surface area contributed by atoms with Gasteiger partial charge in [0, 0.05) is 29.8 Å². The van der Waals surface area contributed by atoms with E-state index in [1.807, 2.05) is 30.5 Å². The Bertz CT molecular complexity index is 1030. The number of hydrogen-bond acceptors (Lipinski definition) is 7. The highest BCUT2D eigenvalue weighted by Gasteiger charge is 2.54. The number of carbonyl (C=O) groups excluding carboxylic acids is 1. The highest BCUT2D eigenvalue weighted by atomic mass is 32.2. The van der Waals surface area contributed by atoms with Crippen LogP contribution in [0.15, 0.2) is 52.1 Å². The minimum absolute atomic E-state index is 0.0268. The van der Waals surface area contributed by atoms with Crippen molar-refractivity contribution in [2.45, 2.75) is 17.7 Å². The molecule has 2 N–H and O–H groups in total. The lowest BCUT2D eigenvalue weighted by Gasteiger charge is -2.45. The SMILES string of the molecule is CCOC(=O)N1CC=C2C(C#N)=C(N)C(C#N)(C#N)[C@H](c3ccc(SC)cc3)[C@H]2C1. The van der Waals surface area contributed by atoms with Crippen molar-refractivity contribution in [1.29, 1.82) is 15.8 Å². The summed E-state index contributed by atoms with van der Waals surface area (Å²) in [6.07, 6.45) is 3.27. The predicted octanol–water partition coefficient (Wildman–Crippen LogP) is 3.29. The largest absolute Gasteiger partial charge is 0.450 e. The smallest absolute Gasteiger partial charge is 0.410 e. The molecule has 0 radical (unpaired) electrons. The molecule has 0 bridgehead atoms. The maximum atomic E-state index is 12.4. The molecule has 3 rings (SSSR count). The molecule has 2 aliphatic rings. The van der Waals surface area contributed by atoms with Gasteiger partial charge in [0.2, 0.25) is 0 Å². The minimum Gasteiger partial charge on any atom is -0.450 e. The Hall–Kier alpha value is -3.41. The van der Waals surface area contributed by atoms with Crippen LogP contribution < -0.4 is 5.73 Å². The zero-order valence-corrected chi connectivity index (χ0v) is 17.6. The van der Waals surface area contributed by atoms with Gasteiger partial charge in [-0.3, -0.25) is 0 Å². The van der Waals surface area contributed by atoms with E-state index < -0.39 is 23.3 Å². The van der Waals surface area contributed by atoms with Crippen LogP contribution in [0.4, 0.5) is 4.79 Å². The third kappa shape index (κ3) is 3.28. The molecule has 7 nitrogen and oxygen atoms in total. The van der Waals surface area contributed by atoms with Crippen LogP contribution in [0.25, 0.3) is 0 Å². The Balaban J connectivity index is 2.21. The zero-order valence-electron chi connectivity index (χ0n) is 16.8. The number of allylic oxidation sites excluding steroid dienone is 2. The second-order valence-corrected chi connectivity index (χ2v) is 7.93. The standard InChI is InChI=1S/C22H21N5O2S/c1-3-29-21(28)27-9-8-16-17(10-23)20(26)22(12-24,13-25)19(18(16)11-27)14-4-6-15(30-2)7-5-14/h4-8,18-19H,3,9,11,26H2,1-2H3/t18-,19+/m0/s1. The van der Waals surface area contributed by atoms with Crippen molar-refractivity contribution < 1.29 is 9.53 Å². The lowest BCUT2D eigenvalue weighted by Crippen LogP contribution is -2.49. The normalized spacial score (nSPS) is 22.1. The Kier molecular flexibility index (Phi) is 6.06. The average molecular weight is 420 g/mol. The Morgan fingerprint density at radius 1 is 1.30 bits per heavy atom. The van der Waals surface area contributed by atoms with Crippen LogP contribution in [-0.2, 0) is 4.74 Å². The second-order valence-electron chi connectivity index (χ2n) is 7.05. The van der Waals surface area contributed by atoms with Crippen molar-refractivity contribution in [1.82, 2.24) is 4.90 Å². The van der Waals surface area contributed by atoms with Gasteiger partial charge in [-0.05, 0) is 36.4 Å². The fourth-order valence-corrected chi connectivity index (χ4v) is 4.64. The lowest BCUT2D eigenvalue weighted by molar-refractivity contribution is 0.0999. The van der Waals surface area contributed by atoms with Gasteiger partial charge in [-0.2, -0.15) is 15.8 Å². The van der Waals surface area contributed by atoms with E-state index in [2.05, 4.69) is 18.2 Å². The van der Waals surface area contributed by atoms with E-state index >= 15 is 0 Å². The van der Waals surface area contributed by atoms with E-state index in [0.29, 0.717) is 5.57 Å². The molecule has 1 amide bonds. The molecular weight excluding hydrogens is 398 g/mol. The first-order chi connectivity index (χ1) is 14.5. The summed E-state index contributed by atoms with van der Waals surface area (Å²) in [6, 6.07) is 13.9. The molecule has 0 aromatic heterocycles. The topological polar surface area (TPSA) is 127 Å². The van der Waals surface area contributed by atoms with Gasteiger partial charge in [-0.25, -0.2) is 4.79 Å². The van der Waals surface area contributed by atoms with Crippen LogP contribution in [-0.4, -0.2) is 36.9 Å². The zero-order chi connectivity index (χ0) is 21.9. The number of carbonyl (C=O) groups is 1. The highest BCUT2D eigenvalue weighted by molar-refractivity contribution is 7.98. The first-order valence-corrected chi connectivity index (χ1v) is 10.7. The molecule has 1 heterocycles. The number of nitrogens with zero attached hydrogens (tertiary/aromatic N) is 4. The van der Waals surface area contributed by atoms with Crippen molar-refractivity contribution >= 4 is 17.9 Å². The molecule has 1 aliphatic heterocycles. The molecule has 0 fully saturated rings. The molecule has 0 saturated carbocycles. The molecule has 30 heavy (non-hydrogen) atoms. The molecule has 152 valence electrons. The molecule has 0 saturated heterocycles. The molecule has 1 aromatic carbocycles. The van der Waals surface area contributed by atoms with E-state index in [-0.39, 0.29) is 31.0 Å². The van der Waals surface area contributed by atoms with Gasteiger partial charge in [0.1, 0.15) is 6.07 Å². The number of amides is 1. The first-order valence-electron chi connectivity index (χ1n) is 9.46. The summed E-state index contributed by atoms with van der Waals surface area (Å²) >= 11 is 1.58. The summed E-state index contributed by atoms with van der Waals surface area (Å²) in [7, 11) is 0. The average Bonchev–Trinajstić information content (AvgIpc) is 2.78. The van der Waals surface area contributed by atoms with Crippen LogP contribution in [0.3, 0.4) is 0 Å². The molecule has 2 atom stereocenters. The number of fused-ring (bicyclic) bond motifs is 1. The number of nitriles is 3. The van der Waals surface area contributed by atoms with Gasteiger partial charge in [-0.1, -0.05) is 18.2 Å². The summed E-state index contributed by atoms with van der Waals surface area (Å²) < 4.78 is 5.13. The number of thioether (sulfide) groups is 1. The molecule has 1 aromatic rings. The maximum Gasteiger partial charge on any atom is 0.410 e. The molecule has 8 heteroatoms. The van der Waals surface area contributed by atoms with Crippen molar-refractivity contribution in [3.8, 4) is 18.2 Å². The Labute approximate surface area is 180 Å². The van der Waals surface area contributed by atoms with E-state index in [4.69, 9.17) is 10.5 Å². The van der Waals surface area contributed by atoms with Crippen LogP contribution in [0.1, 0.15) is 18.4 Å². The molecule has 1 aliphatic carbocycles. The number of ether oxygens (including phenoxy) is 1. The quantitative estimate of drug-likeness (QED) is 0.745. The number of benzene rings is 1. The maximum absolute atomic E-state index is 12.4. The van der Waals surface area contributed by atoms with Gasteiger partial charge >= 0.3 is 6.09 Å². The fourth-order valence-electron chi connectivity index (χ4n) is 4.23. The third-order valence-corrected chi connectivity index (χ3v) is 6.41. The van der Waals surface area contributed by atoms with Crippen molar-refractivity contribution in [3.05, 3.63) is 52.7 Å². The lowest BCUT2D eigenvalue weighted by atomic mass is 9.58. The van der Waals surface area contributed by atoms with Crippen molar-refractivity contribution in [3.63, 3.8) is 0 Å². The van der Waals surface area contributed by atoms with Crippen LogP contribution in [0.5, 0.6) is 0 Å². The van der Waals surface area contributed by atoms with Crippen LogP contribution in [0.2, 0.25) is 0 Å². The summed E-state index contributed by atoms with van der Waals surface area (Å²) in [6.45, 7) is 2.47. The van der Waals surface area contributed by atoms with Gasteiger partial charge in [-0.15, -0.1) is 11.8 Å². The number of rotatable bonds is 3. The van der Waals surface area contributed by atoms with Gasteiger partial charge in [0.15, 0.2) is 5.41 Å². The summed E-state index contributed by atoms with van der Waals surface area (Å²) in [5.41, 5.74) is 6.14. The van der Waals surface area contributed by atoms with E-state index in [0.717, 1.165) is 10.5 Å². The van der Waals surface area contributed by atoms with Crippen LogP contribution >= 0.6 is 11.8 Å². The van der Waals surface area contributed by atoms with Gasteiger partial charge in [0.05, 0.1) is 30.0 Å². The summed E-state index contributed by atoms with van der Waals surface area (Å²) in [5.74, 6) is -1.08. The van der Waals surface area contributed by atoms with E-state index in [1.54, 1.807) is 24.8 Å². The minimum atomic E-state index is -1.72. The van der Waals surface area contributed by atoms with Crippen molar-refractivity contribution in [2.24, 2.45) is 17.1 Å². The van der Waals surface area contributed by atoms with Crippen LogP contribution in [0, 0.1) is 45.3 Å². The Morgan fingerprint density at radius 3 is 2.50 bits per heavy atom. The number of nitrogens with two attached hydrogens (primary N) is 1. The molecule has 0 spiro atoms. The third-order valence-electron chi connectivity index (χ3n) is 5.67. The second kappa shape index (κ2) is 8.53. The van der Waals surface area contributed by atoms with Gasteiger partial charge in [0.25, 0.3) is 0 Å².